The average molecular weight is 229 g/mol. The van der Waals surface area contributed by atoms with Crippen molar-refractivity contribution < 1.29 is 10.2 Å². The topological polar surface area (TPSA) is 52.5 Å². The first kappa shape index (κ1) is 13.9. The van der Waals surface area contributed by atoms with Crippen LogP contribution in [0.15, 0.2) is 0 Å². The van der Waals surface area contributed by atoms with Crippen molar-refractivity contribution in [2.45, 2.75) is 70.0 Å². The lowest BCUT2D eigenvalue weighted by molar-refractivity contribution is 0.0115. The molecule has 0 spiro atoms. The summed E-state index contributed by atoms with van der Waals surface area (Å²) >= 11 is 0. The van der Waals surface area contributed by atoms with Gasteiger partial charge in [-0.25, -0.2) is 0 Å². The third-order valence-corrected chi connectivity index (χ3v) is 3.76. The maximum absolute atomic E-state index is 10.4. The van der Waals surface area contributed by atoms with Crippen LogP contribution in [-0.4, -0.2) is 34.5 Å². The summed E-state index contributed by atoms with van der Waals surface area (Å²) in [5, 5.41) is 23.4. The lowest BCUT2D eigenvalue weighted by Crippen LogP contribution is -2.45. The zero-order valence-electron chi connectivity index (χ0n) is 10.8. The van der Waals surface area contributed by atoms with Gasteiger partial charge in [-0.3, -0.25) is 0 Å². The fourth-order valence-corrected chi connectivity index (χ4v) is 2.25. The molecule has 16 heavy (non-hydrogen) atoms. The van der Waals surface area contributed by atoms with Crippen molar-refractivity contribution >= 4 is 0 Å². The number of nitrogens with one attached hydrogen (secondary N) is 1. The van der Waals surface area contributed by atoms with E-state index in [4.69, 9.17) is 0 Å². The summed E-state index contributed by atoms with van der Waals surface area (Å²) in [6.45, 7) is 4.98. The van der Waals surface area contributed by atoms with E-state index in [1.54, 1.807) is 0 Å². The molecule has 0 aromatic heterocycles. The predicted octanol–water partition coefficient (Wildman–Crippen LogP) is 1.82. The van der Waals surface area contributed by atoms with E-state index < -0.39 is 11.2 Å². The van der Waals surface area contributed by atoms with E-state index in [1.807, 2.05) is 13.8 Å². The molecule has 0 heterocycles. The SMILES string of the molecule is CCC(C)(O)CNCC1(O)CCCCCC1. The van der Waals surface area contributed by atoms with Gasteiger partial charge in [0.2, 0.25) is 0 Å². The molecule has 0 bridgehead atoms. The molecule has 96 valence electrons. The van der Waals surface area contributed by atoms with Crippen LogP contribution in [0, 0.1) is 0 Å². The average Bonchev–Trinajstić information content (AvgIpc) is 2.43. The molecule has 1 aliphatic carbocycles. The molecule has 0 amide bonds. The second kappa shape index (κ2) is 5.99. The normalized spacial score (nSPS) is 24.8. The van der Waals surface area contributed by atoms with Crippen LogP contribution < -0.4 is 5.32 Å². The largest absolute Gasteiger partial charge is 0.389 e. The third-order valence-electron chi connectivity index (χ3n) is 3.76. The van der Waals surface area contributed by atoms with Gasteiger partial charge < -0.3 is 15.5 Å². The standard InChI is InChI=1S/C13H27NO2/c1-3-12(2,15)10-14-11-13(16)8-6-4-5-7-9-13/h14-16H,3-11H2,1-2H3. The zero-order valence-corrected chi connectivity index (χ0v) is 10.8. The Balaban J connectivity index is 2.29. The minimum absolute atomic E-state index is 0.541. The van der Waals surface area contributed by atoms with Gasteiger partial charge in [0.1, 0.15) is 0 Å². The summed E-state index contributed by atoms with van der Waals surface area (Å²) in [5.74, 6) is 0. The van der Waals surface area contributed by atoms with Crippen LogP contribution in [0.25, 0.3) is 0 Å². The maximum Gasteiger partial charge on any atom is 0.0771 e. The quantitative estimate of drug-likeness (QED) is 0.630. The molecular weight excluding hydrogens is 202 g/mol. The molecule has 3 nitrogen and oxygen atoms in total. The van der Waals surface area contributed by atoms with Gasteiger partial charge in [-0.2, -0.15) is 0 Å². The third kappa shape index (κ3) is 4.81. The predicted molar refractivity (Wildman–Crippen MR) is 66.4 cm³/mol. The fraction of sp³-hybridized carbons (Fsp3) is 1.00. The van der Waals surface area contributed by atoms with Crippen LogP contribution in [0.5, 0.6) is 0 Å². The molecule has 1 fully saturated rings. The van der Waals surface area contributed by atoms with E-state index in [1.165, 1.54) is 12.8 Å². The Morgan fingerprint density at radius 2 is 1.75 bits per heavy atom. The van der Waals surface area contributed by atoms with Crippen molar-refractivity contribution in [3.8, 4) is 0 Å². The Hall–Kier alpha value is -0.120. The number of hydrogen-bond donors (Lipinski definition) is 3. The molecule has 1 saturated carbocycles. The fourth-order valence-electron chi connectivity index (χ4n) is 2.25. The number of hydrogen-bond acceptors (Lipinski definition) is 3. The van der Waals surface area contributed by atoms with Crippen LogP contribution in [0.3, 0.4) is 0 Å². The van der Waals surface area contributed by atoms with E-state index >= 15 is 0 Å². The van der Waals surface area contributed by atoms with E-state index in [0.717, 1.165) is 32.1 Å². The highest BCUT2D eigenvalue weighted by Gasteiger charge is 2.28. The molecule has 0 aliphatic heterocycles. The summed E-state index contributed by atoms with van der Waals surface area (Å²) in [4.78, 5) is 0. The Kier molecular flexibility index (Phi) is 5.22. The molecule has 0 aromatic rings. The summed E-state index contributed by atoms with van der Waals surface area (Å²) in [6.07, 6.45) is 7.27. The molecule has 1 aliphatic rings. The monoisotopic (exact) mass is 229 g/mol. The molecule has 3 N–H and O–H groups in total. The van der Waals surface area contributed by atoms with Crippen LogP contribution in [0.1, 0.15) is 58.8 Å². The maximum atomic E-state index is 10.4. The summed E-state index contributed by atoms with van der Waals surface area (Å²) in [6, 6.07) is 0. The summed E-state index contributed by atoms with van der Waals surface area (Å²) < 4.78 is 0. The molecule has 0 saturated heterocycles. The summed E-state index contributed by atoms with van der Waals surface area (Å²) in [7, 11) is 0. The smallest absolute Gasteiger partial charge is 0.0771 e. The molecule has 0 radical (unpaired) electrons. The van der Waals surface area contributed by atoms with E-state index in [0.29, 0.717) is 13.1 Å². The first-order chi connectivity index (χ1) is 7.47. The van der Waals surface area contributed by atoms with Crippen molar-refractivity contribution in [1.29, 1.82) is 0 Å². The molecule has 0 aromatic carbocycles. The molecular formula is C13H27NO2. The van der Waals surface area contributed by atoms with Gasteiger partial charge in [0, 0.05) is 13.1 Å². The first-order valence-corrected chi connectivity index (χ1v) is 6.63. The van der Waals surface area contributed by atoms with Gasteiger partial charge in [0.05, 0.1) is 11.2 Å². The van der Waals surface area contributed by atoms with E-state index in [2.05, 4.69) is 5.32 Å². The first-order valence-electron chi connectivity index (χ1n) is 6.63. The van der Waals surface area contributed by atoms with Gasteiger partial charge in [-0.05, 0) is 26.2 Å². The van der Waals surface area contributed by atoms with Crippen LogP contribution in [-0.2, 0) is 0 Å². The Bertz CT molecular complexity index is 196. The van der Waals surface area contributed by atoms with Crippen molar-refractivity contribution in [3.63, 3.8) is 0 Å². The summed E-state index contributed by atoms with van der Waals surface area (Å²) in [5.41, 5.74) is -1.19. The lowest BCUT2D eigenvalue weighted by Gasteiger charge is -2.29. The van der Waals surface area contributed by atoms with Crippen LogP contribution in [0.2, 0.25) is 0 Å². The lowest BCUT2D eigenvalue weighted by atomic mass is 9.94. The highest BCUT2D eigenvalue weighted by atomic mass is 16.3. The van der Waals surface area contributed by atoms with Gasteiger partial charge in [-0.1, -0.05) is 32.6 Å². The van der Waals surface area contributed by atoms with Crippen LogP contribution >= 0.6 is 0 Å². The van der Waals surface area contributed by atoms with E-state index in [9.17, 15) is 10.2 Å². The van der Waals surface area contributed by atoms with Crippen LogP contribution in [0.4, 0.5) is 0 Å². The van der Waals surface area contributed by atoms with Gasteiger partial charge in [0.15, 0.2) is 0 Å². The zero-order chi connectivity index (χ0) is 12.1. The molecule has 3 heteroatoms. The minimum Gasteiger partial charge on any atom is -0.389 e. The molecule has 1 unspecified atom stereocenters. The second-order valence-corrected chi connectivity index (χ2v) is 5.59. The van der Waals surface area contributed by atoms with Crippen molar-refractivity contribution in [1.82, 2.24) is 5.32 Å². The Morgan fingerprint density at radius 1 is 1.19 bits per heavy atom. The number of aliphatic hydroxyl groups is 2. The van der Waals surface area contributed by atoms with Crippen molar-refractivity contribution in [3.05, 3.63) is 0 Å². The number of rotatable bonds is 5. The highest BCUT2D eigenvalue weighted by Crippen LogP contribution is 2.26. The second-order valence-electron chi connectivity index (χ2n) is 5.59. The van der Waals surface area contributed by atoms with Crippen molar-refractivity contribution in [2.24, 2.45) is 0 Å². The molecule has 1 rings (SSSR count). The minimum atomic E-state index is -0.652. The molecule has 1 atom stereocenters. The van der Waals surface area contributed by atoms with Gasteiger partial charge in [-0.15, -0.1) is 0 Å². The van der Waals surface area contributed by atoms with E-state index in [-0.39, 0.29) is 0 Å². The van der Waals surface area contributed by atoms with Gasteiger partial charge >= 0.3 is 0 Å². The Labute approximate surface area is 99.3 Å². The Morgan fingerprint density at radius 3 is 2.25 bits per heavy atom. The van der Waals surface area contributed by atoms with Gasteiger partial charge in [0.25, 0.3) is 0 Å². The highest BCUT2D eigenvalue weighted by molar-refractivity contribution is 4.84. The van der Waals surface area contributed by atoms with Crippen molar-refractivity contribution in [2.75, 3.05) is 13.1 Å².